The van der Waals surface area contributed by atoms with Crippen molar-refractivity contribution < 1.29 is 23.5 Å². The summed E-state index contributed by atoms with van der Waals surface area (Å²) >= 11 is 6.07. The number of pyridine rings is 1. The summed E-state index contributed by atoms with van der Waals surface area (Å²) < 4.78 is 25.2. The lowest BCUT2D eigenvalue weighted by atomic mass is 9.87. The minimum Gasteiger partial charge on any atom is -0.495 e. The van der Waals surface area contributed by atoms with Crippen LogP contribution in [0.1, 0.15) is 49.2 Å². The van der Waals surface area contributed by atoms with Crippen molar-refractivity contribution in [3.8, 4) is 5.75 Å². The number of nitrogens with zero attached hydrogens (tertiary/aromatic N) is 1. The minimum atomic E-state index is -0.852. The molecule has 2 heterocycles. The van der Waals surface area contributed by atoms with Gasteiger partial charge in [-0.15, -0.1) is 0 Å². The molecule has 6 nitrogen and oxygen atoms in total. The van der Waals surface area contributed by atoms with Gasteiger partial charge in [0.15, 0.2) is 5.78 Å². The Morgan fingerprint density at radius 3 is 2.72 bits per heavy atom. The van der Waals surface area contributed by atoms with E-state index in [0.717, 1.165) is 0 Å². The lowest BCUT2D eigenvalue weighted by Gasteiger charge is -2.21. The van der Waals surface area contributed by atoms with Crippen LogP contribution in [0.4, 0.5) is 10.1 Å². The number of hydrogen-bond donors (Lipinski definition) is 1. The number of benzene rings is 1. The van der Waals surface area contributed by atoms with Crippen LogP contribution in [0.3, 0.4) is 0 Å². The van der Waals surface area contributed by atoms with Crippen LogP contribution in [-0.2, 0) is 9.53 Å². The first-order chi connectivity index (χ1) is 13.6. The summed E-state index contributed by atoms with van der Waals surface area (Å²) in [6, 6.07) is 5.91. The molecule has 0 radical (unpaired) electrons. The van der Waals surface area contributed by atoms with Crippen molar-refractivity contribution in [1.29, 1.82) is 0 Å². The second kappa shape index (κ2) is 8.08. The highest BCUT2D eigenvalue weighted by atomic mass is 35.5. The standard InChI is InChI=1S/C21H22ClFN2O4/c1-11(26)16-9-12(7-8-24-16)25-20(27)19-14(10-21(2,3)29-19)13-5-6-15(23)17(22)18(13)28-4/h5-9,14,19H,10H2,1-4H3,(H,24,25,27)/t14-,19+/m1/s1. The predicted octanol–water partition coefficient (Wildman–Crippen LogP) is 4.38. The first-order valence-corrected chi connectivity index (χ1v) is 9.48. The number of ketones is 1. The Hall–Kier alpha value is -2.51. The van der Waals surface area contributed by atoms with Crippen molar-refractivity contribution in [3.05, 3.63) is 52.6 Å². The lowest BCUT2D eigenvalue weighted by molar-refractivity contribution is -0.130. The molecular formula is C21H22ClFN2O4. The quantitative estimate of drug-likeness (QED) is 0.726. The maximum atomic E-state index is 13.9. The molecule has 154 valence electrons. The molecule has 0 unspecified atom stereocenters. The molecule has 0 spiro atoms. The minimum absolute atomic E-state index is 0.130. The van der Waals surface area contributed by atoms with Gasteiger partial charge in [0.1, 0.15) is 28.4 Å². The van der Waals surface area contributed by atoms with Crippen LogP contribution >= 0.6 is 11.6 Å². The average Bonchev–Trinajstić information content (AvgIpc) is 2.99. The first-order valence-electron chi connectivity index (χ1n) is 9.10. The average molecular weight is 421 g/mol. The fraction of sp³-hybridized carbons (Fsp3) is 0.381. The van der Waals surface area contributed by atoms with Gasteiger partial charge in [-0.25, -0.2) is 4.39 Å². The van der Waals surface area contributed by atoms with Gasteiger partial charge in [-0.1, -0.05) is 17.7 Å². The molecule has 1 aliphatic heterocycles. The van der Waals surface area contributed by atoms with Crippen molar-refractivity contribution in [2.45, 2.75) is 44.8 Å². The van der Waals surface area contributed by atoms with E-state index in [9.17, 15) is 14.0 Å². The van der Waals surface area contributed by atoms with E-state index >= 15 is 0 Å². The summed E-state index contributed by atoms with van der Waals surface area (Å²) in [5, 5.41) is 2.65. The normalized spacial score (nSPS) is 20.3. The Kier molecular flexibility index (Phi) is 5.91. The van der Waals surface area contributed by atoms with Gasteiger partial charge in [0, 0.05) is 30.3 Å². The molecule has 2 aromatic rings. The number of amides is 1. The van der Waals surface area contributed by atoms with Gasteiger partial charge in [-0.2, -0.15) is 0 Å². The van der Waals surface area contributed by atoms with Crippen molar-refractivity contribution in [2.24, 2.45) is 0 Å². The van der Waals surface area contributed by atoms with E-state index in [1.54, 1.807) is 12.1 Å². The third-order valence-electron chi connectivity index (χ3n) is 4.85. The Bertz CT molecular complexity index is 964. The zero-order valence-corrected chi connectivity index (χ0v) is 17.3. The first kappa shape index (κ1) is 21.2. The monoisotopic (exact) mass is 420 g/mol. The van der Waals surface area contributed by atoms with Crippen molar-refractivity contribution >= 4 is 29.0 Å². The molecule has 1 aliphatic rings. The summed E-state index contributed by atoms with van der Waals surface area (Å²) in [7, 11) is 1.40. The van der Waals surface area contributed by atoms with E-state index in [4.69, 9.17) is 21.1 Å². The van der Waals surface area contributed by atoms with Gasteiger partial charge in [0.25, 0.3) is 5.91 Å². The van der Waals surface area contributed by atoms with E-state index in [1.165, 1.54) is 32.4 Å². The zero-order valence-electron chi connectivity index (χ0n) is 16.6. The summed E-state index contributed by atoms with van der Waals surface area (Å²) in [5.41, 5.74) is 0.704. The van der Waals surface area contributed by atoms with Gasteiger partial charge in [0.05, 0.1) is 12.7 Å². The molecule has 0 bridgehead atoms. The number of methoxy groups -OCH3 is 1. The van der Waals surface area contributed by atoms with Crippen LogP contribution in [0.15, 0.2) is 30.5 Å². The van der Waals surface area contributed by atoms with Crippen molar-refractivity contribution in [2.75, 3.05) is 12.4 Å². The Morgan fingerprint density at radius 2 is 2.07 bits per heavy atom. The van der Waals surface area contributed by atoms with Gasteiger partial charge >= 0.3 is 0 Å². The number of hydrogen-bond acceptors (Lipinski definition) is 5. The Balaban J connectivity index is 1.93. The molecule has 1 amide bonds. The summed E-state index contributed by atoms with van der Waals surface area (Å²) in [5.74, 6) is -1.39. The van der Waals surface area contributed by atoms with Crippen LogP contribution in [0.2, 0.25) is 5.02 Å². The van der Waals surface area contributed by atoms with Crippen LogP contribution in [0, 0.1) is 5.82 Å². The molecule has 1 aromatic carbocycles. The third kappa shape index (κ3) is 4.41. The van der Waals surface area contributed by atoms with E-state index in [2.05, 4.69) is 10.3 Å². The predicted molar refractivity (Wildman–Crippen MR) is 107 cm³/mol. The number of halogens is 2. The van der Waals surface area contributed by atoms with Gasteiger partial charge in [-0.3, -0.25) is 14.6 Å². The van der Waals surface area contributed by atoms with Gasteiger partial charge in [0.2, 0.25) is 0 Å². The third-order valence-corrected chi connectivity index (χ3v) is 5.21. The molecule has 3 rings (SSSR count). The van der Waals surface area contributed by atoms with Crippen molar-refractivity contribution in [3.63, 3.8) is 0 Å². The molecule has 1 aromatic heterocycles. The smallest absolute Gasteiger partial charge is 0.254 e. The Morgan fingerprint density at radius 1 is 1.34 bits per heavy atom. The maximum absolute atomic E-state index is 13.9. The number of aromatic nitrogens is 1. The number of nitrogens with one attached hydrogen (secondary N) is 1. The molecule has 1 fully saturated rings. The molecule has 0 aliphatic carbocycles. The number of carbonyl (C=O) groups is 2. The largest absolute Gasteiger partial charge is 0.495 e. The highest BCUT2D eigenvalue weighted by Gasteiger charge is 2.46. The summed E-state index contributed by atoms with van der Waals surface area (Å²) in [6.07, 6.45) is 1.11. The van der Waals surface area contributed by atoms with Crippen LogP contribution in [0.5, 0.6) is 5.75 Å². The van der Waals surface area contributed by atoms with E-state index in [0.29, 0.717) is 17.7 Å². The number of Topliss-reactive ketones (excluding diaryl/α,β-unsaturated/α-hetero) is 1. The van der Waals surface area contributed by atoms with Crippen molar-refractivity contribution in [1.82, 2.24) is 4.98 Å². The maximum Gasteiger partial charge on any atom is 0.254 e. The summed E-state index contributed by atoms with van der Waals surface area (Å²) in [6.45, 7) is 5.16. The second-order valence-electron chi connectivity index (χ2n) is 7.57. The highest BCUT2D eigenvalue weighted by molar-refractivity contribution is 6.32. The topological polar surface area (TPSA) is 77.5 Å². The van der Waals surface area contributed by atoms with Crippen LogP contribution in [-0.4, -0.2) is 35.5 Å². The molecular weight excluding hydrogens is 399 g/mol. The zero-order chi connectivity index (χ0) is 21.3. The second-order valence-corrected chi connectivity index (χ2v) is 7.95. The van der Waals surface area contributed by atoms with E-state index in [1.807, 2.05) is 13.8 Å². The molecule has 1 saturated heterocycles. The molecule has 29 heavy (non-hydrogen) atoms. The number of anilines is 1. The SMILES string of the molecule is COc1c([C@H]2CC(C)(C)O[C@@H]2C(=O)Nc2ccnc(C(C)=O)c2)ccc(F)c1Cl. The molecule has 0 saturated carbocycles. The molecule has 1 N–H and O–H groups in total. The van der Waals surface area contributed by atoms with E-state index < -0.39 is 23.4 Å². The number of ether oxygens (including phenoxy) is 2. The molecule has 2 atom stereocenters. The van der Waals surface area contributed by atoms with E-state index in [-0.39, 0.29) is 28.2 Å². The summed E-state index contributed by atoms with van der Waals surface area (Å²) in [4.78, 5) is 28.5. The molecule has 8 heteroatoms. The van der Waals surface area contributed by atoms with Gasteiger partial charge < -0.3 is 14.8 Å². The fourth-order valence-electron chi connectivity index (χ4n) is 3.58. The fourth-order valence-corrected chi connectivity index (χ4v) is 3.83. The van der Waals surface area contributed by atoms with Gasteiger partial charge in [-0.05, 0) is 38.5 Å². The van der Waals surface area contributed by atoms with Crippen LogP contribution < -0.4 is 10.1 Å². The number of rotatable bonds is 5. The lowest BCUT2D eigenvalue weighted by Crippen LogP contribution is -2.33. The number of carbonyl (C=O) groups excluding carboxylic acids is 2. The Labute approximate surface area is 173 Å². The highest BCUT2D eigenvalue weighted by Crippen LogP contribution is 2.46. The van der Waals surface area contributed by atoms with Crippen LogP contribution in [0.25, 0.3) is 0 Å².